The monoisotopic (exact) mass is 242 g/mol. The van der Waals surface area contributed by atoms with Crippen molar-refractivity contribution < 1.29 is 9.53 Å². The van der Waals surface area contributed by atoms with Gasteiger partial charge in [0.2, 0.25) is 0 Å². The van der Waals surface area contributed by atoms with Crippen LogP contribution < -0.4 is 5.32 Å². The Morgan fingerprint density at radius 2 is 2.38 bits per heavy atom. The Morgan fingerprint density at radius 1 is 1.62 bits per heavy atom. The van der Waals surface area contributed by atoms with Gasteiger partial charge in [0, 0.05) is 18.3 Å². The number of carbonyl (C=O) groups is 1. The molecule has 0 saturated heterocycles. The van der Waals surface area contributed by atoms with Crippen LogP contribution in [-0.4, -0.2) is 30.5 Å². The number of nitrogens with zero attached hydrogens (tertiary/aromatic N) is 1. The van der Waals surface area contributed by atoms with E-state index in [-0.39, 0.29) is 6.10 Å². The quantitative estimate of drug-likeness (QED) is 0.615. The third kappa shape index (κ3) is 4.16. The zero-order chi connectivity index (χ0) is 12.0. The smallest absolute Gasteiger partial charge is 0.151 e. The summed E-state index contributed by atoms with van der Waals surface area (Å²) in [6, 6.07) is 1.58. The number of hydrogen-bond acceptors (Lipinski definition) is 4. The molecule has 5 heteroatoms. The molecule has 1 aromatic heterocycles. The molecule has 1 aromatic rings. The summed E-state index contributed by atoms with van der Waals surface area (Å²) in [5, 5.41) is 3.47. The van der Waals surface area contributed by atoms with E-state index in [1.807, 2.05) is 13.8 Å². The van der Waals surface area contributed by atoms with Gasteiger partial charge in [0.05, 0.1) is 17.7 Å². The summed E-state index contributed by atoms with van der Waals surface area (Å²) in [6.45, 7) is 5.17. The maximum atomic E-state index is 10.5. The molecule has 0 aliphatic rings. The van der Waals surface area contributed by atoms with Crippen LogP contribution in [0.15, 0.2) is 12.3 Å². The molecule has 0 aliphatic heterocycles. The fourth-order valence-electron chi connectivity index (χ4n) is 1.11. The van der Waals surface area contributed by atoms with Gasteiger partial charge < -0.3 is 10.1 Å². The molecule has 16 heavy (non-hydrogen) atoms. The van der Waals surface area contributed by atoms with Crippen molar-refractivity contribution in [1.82, 2.24) is 4.98 Å². The van der Waals surface area contributed by atoms with Gasteiger partial charge in [-0.15, -0.1) is 0 Å². The summed E-state index contributed by atoms with van der Waals surface area (Å²) in [5.74, 6) is 0.569. The first-order valence-corrected chi connectivity index (χ1v) is 5.47. The number of carbonyl (C=O) groups excluding carboxylic acids is 1. The fraction of sp³-hybridized carbons (Fsp3) is 0.455. The topological polar surface area (TPSA) is 51.2 Å². The number of rotatable bonds is 6. The highest BCUT2D eigenvalue weighted by atomic mass is 35.5. The van der Waals surface area contributed by atoms with Gasteiger partial charge in [-0.3, -0.25) is 4.79 Å². The molecule has 0 atom stereocenters. The molecule has 1 rings (SSSR count). The van der Waals surface area contributed by atoms with E-state index >= 15 is 0 Å². The molecule has 0 aliphatic carbocycles. The van der Waals surface area contributed by atoms with Crippen molar-refractivity contribution in [3.63, 3.8) is 0 Å². The zero-order valence-corrected chi connectivity index (χ0v) is 10.1. The molecule has 4 nitrogen and oxygen atoms in total. The molecule has 0 radical (unpaired) electrons. The molecule has 0 saturated carbocycles. The van der Waals surface area contributed by atoms with E-state index < -0.39 is 0 Å². The van der Waals surface area contributed by atoms with Crippen LogP contribution in [0.4, 0.5) is 5.82 Å². The highest BCUT2D eigenvalue weighted by Crippen LogP contribution is 2.18. The lowest BCUT2D eigenvalue weighted by atomic mass is 10.3. The summed E-state index contributed by atoms with van der Waals surface area (Å²) < 4.78 is 5.36. The van der Waals surface area contributed by atoms with Crippen molar-refractivity contribution in [3.05, 3.63) is 22.8 Å². The number of ether oxygens (including phenoxy) is 1. The van der Waals surface area contributed by atoms with Crippen LogP contribution in [0.2, 0.25) is 5.02 Å². The van der Waals surface area contributed by atoms with Gasteiger partial charge in [-0.25, -0.2) is 4.98 Å². The Morgan fingerprint density at radius 3 is 2.94 bits per heavy atom. The molecule has 1 heterocycles. The highest BCUT2D eigenvalue weighted by molar-refractivity contribution is 6.33. The fourth-order valence-corrected chi connectivity index (χ4v) is 1.35. The lowest BCUT2D eigenvalue weighted by Gasteiger charge is -2.09. The predicted octanol–water partition coefficient (Wildman–Crippen LogP) is 2.38. The van der Waals surface area contributed by atoms with Crippen LogP contribution >= 0.6 is 11.6 Å². The minimum atomic E-state index is 0.211. The molecule has 0 aromatic carbocycles. The van der Waals surface area contributed by atoms with Gasteiger partial charge in [0.25, 0.3) is 0 Å². The molecule has 0 bridgehead atoms. The SMILES string of the molecule is CC(C)OCCNc1ncc(C=O)cc1Cl. The third-order valence-corrected chi connectivity index (χ3v) is 2.13. The van der Waals surface area contributed by atoms with E-state index in [9.17, 15) is 4.79 Å². The van der Waals surface area contributed by atoms with Crippen molar-refractivity contribution >= 4 is 23.7 Å². The van der Waals surface area contributed by atoms with E-state index in [4.69, 9.17) is 16.3 Å². The second kappa shape index (κ2) is 6.45. The molecular weight excluding hydrogens is 228 g/mol. The van der Waals surface area contributed by atoms with E-state index in [0.29, 0.717) is 35.8 Å². The summed E-state index contributed by atoms with van der Waals surface area (Å²) in [7, 11) is 0. The Balaban J connectivity index is 2.45. The standard InChI is InChI=1S/C11H15ClN2O2/c1-8(2)16-4-3-13-11-10(12)5-9(7-15)6-14-11/h5-8H,3-4H2,1-2H3,(H,13,14). The van der Waals surface area contributed by atoms with Crippen molar-refractivity contribution in [3.8, 4) is 0 Å². The number of nitrogens with one attached hydrogen (secondary N) is 1. The Kier molecular flexibility index (Phi) is 5.22. The number of anilines is 1. The Bertz CT molecular complexity index is 356. The Hall–Kier alpha value is -1.13. The molecule has 1 N–H and O–H groups in total. The van der Waals surface area contributed by atoms with Crippen molar-refractivity contribution in [2.75, 3.05) is 18.5 Å². The first kappa shape index (κ1) is 12.9. The van der Waals surface area contributed by atoms with Gasteiger partial charge in [-0.1, -0.05) is 11.6 Å². The van der Waals surface area contributed by atoms with E-state index in [1.54, 1.807) is 6.07 Å². The number of halogens is 1. The summed E-state index contributed by atoms with van der Waals surface area (Å²) in [4.78, 5) is 14.5. The maximum Gasteiger partial charge on any atom is 0.151 e. The van der Waals surface area contributed by atoms with Crippen LogP contribution in [0.1, 0.15) is 24.2 Å². The summed E-state index contributed by atoms with van der Waals surface area (Å²) in [6.07, 6.45) is 2.40. The molecule has 0 unspecified atom stereocenters. The number of aromatic nitrogens is 1. The maximum absolute atomic E-state index is 10.5. The molecule has 0 spiro atoms. The average Bonchev–Trinajstić information content (AvgIpc) is 2.25. The van der Waals surface area contributed by atoms with Crippen LogP contribution in [0.3, 0.4) is 0 Å². The van der Waals surface area contributed by atoms with Crippen molar-refractivity contribution in [1.29, 1.82) is 0 Å². The summed E-state index contributed by atoms with van der Waals surface area (Å²) >= 11 is 5.92. The first-order chi connectivity index (χ1) is 7.63. The second-order valence-electron chi connectivity index (χ2n) is 3.56. The second-order valence-corrected chi connectivity index (χ2v) is 3.97. The van der Waals surface area contributed by atoms with Gasteiger partial charge in [-0.2, -0.15) is 0 Å². The summed E-state index contributed by atoms with van der Waals surface area (Å²) in [5.41, 5.74) is 0.467. The first-order valence-electron chi connectivity index (χ1n) is 5.09. The van der Waals surface area contributed by atoms with Crippen LogP contribution in [0, 0.1) is 0 Å². The largest absolute Gasteiger partial charge is 0.377 e. The van der Waals surface area contributed by atoms with Crippen LogP contribution in [-0.2, 0) is 4.74 Å². The third-order valence-electron chi connectivity index (χ3n) is 1.84. The number of hydrogen-bond donors (Lipinski definition) is 1. The van der Waals surface area contributed by atoms with Gasteiger partial charge in [-0.05, 0) is 19.9 Å². The molecule has 0 fully saturated rings. The highest BCUT2D eigenvalue weighted by Gasteiger charge is 2.02. The lowest BCUT2D eigenvalue weighted by Crippen LogP contribution is -2.14. The molecular formula is C11H15ClN2O2. The molecule has 88 valence electrons. The van der Waals surface area contributed by atoms with Crippen LogP contribution in [0.5, 0.6) is 0 Å². The normalized spacial score (nSPS) is 10.5. The van der Waals surface area contributed by atoms with Crippen molar-refractivity contribution in [2.24, 2.45) is 0 Å². The van der Waals surface area contributed by atoms with Gasteiger partial charge in [0.15, 0.2) is 6.29 Å². The van der Waals surface area contributed by atoms with Crippen molar-refractivity contribution in [2.45, 2.75) is 20.0 Å². The minimum Gasteiger partial charge on any atom is -0.377 e. The van der Waals surface area contributed by atoms with Crippen LogP contribution in [0.25, 0.3) is 0 Å². The Labute approximate surface area is 100.0 Å². The number of aldehydes is 1. The van der Waals surface area contributed by atoms with E-state index in [1.165, 1.54) is 6.20 Å². The predicted molar refractivity (Wildman–Crippen MR) is 64.2 cm³/mol. The van der Waals surface area contributed by atoms with E-state index in [0.717, 1.165) is 0 Å². The lowest BCUT2D eigenvalue weighted by molar-refractivity contribution is 0.0870. The van der Waals surface area contributed by atoms with E-state index in [2.05, 4.69) is 10.3 Å². The number of pyridine rings is 1. The minimum absolute atomic E-state index is 0.211. The molecule has 0 amide bonds. The zero-order valence-electron chi connectivity index (χ0n) is 9.37. The van der Waals surface area contributed by atoms with Gasteiger partial charge in [0.1, 0.15) is 5.82 Å². The average molecular weight is 243 g/mol. The van der Waals surface area contributed by atoms with Gasteiger partial charge >= 0.3 is 0 Å².